The van der Waals surface area contributed by atoms with Crippen LogP contribution < -0.4 is 5.73 Å². The van der Waals surface area contributed by atoms with E-state index in [0.29, 0.717) is 6.54 Å². The molecule has 74 valence electrons. The van der Waals surface area contributed by atoms with Crippen LogP contribution in [0.4, 0.5) is 5.95 Å². The lowest BCUT2D eigenvalue weighted by molar-refractivity contribution is 0.0524. The van der Waals surface area contributed by atoms with Gasteiger partial charge in [0.15, 0.2) is 0 Å². The summed E-state index contributed by atoms with van der Waals surface area (Å²) in [7, 11) is 0. The van der Waals surface area contributed by atoms with Gasteiger partial charge < -0.3 is 15.9 Å². The van der Waals surface area contributed by atoms with E-state index in [9.17, 15) is 0 Å². The van der Waals surface area contributed by atoms with E-state index in [0.717, 1.165) is 0 Å². The maximum absolute atomic E-state index is 9.00. The zero-order valence-corrected chi connectivity index (χ0v) is 7.51. The van der Waals surface area contributed by atoms with Gasteiger partial charge in [0.25, 0.3) is 0 Å². The zero-order valence-electron chi connectivity index (χ0n) is 7.51. The Morgan fingerprint density at radius 1 is 1.54 bits per heavy atom. The normalized spacial score (nSPS) is 11.9. The second-order valence-corrected chi connectivity index (χ2v) is 3.43. The molecule has 0 amide bonds. The Bertz CT molecular complexity index is 269. The van der Waals surface area contributed by atoms with Crippen LogP contribution in [-0.4, -0.2) is 38.2 Å². The molecule has 0 bridgehead atoms. The lowest BCUT2D eigenvalue weighted by Crippen LogP contribution is -2.31. The number of nitrogen functional groups attached to an aromatic ring is 1. The van der Waals surface area contributed by atoms with Crippen molar-refractivity contribution in [3.05, 3.63) is 6.33 Å². The smallest absolute Gasteiger partial charge is 0.239 e. The van der Waals surface area contributed by atoms with Crippen LogP contribution in [0.2, 0.25) is 0 Å². The highest BCUT2D eigenvalue weighted by Crippen LogP contribution is 2.16. The van der Waals surface area contributed by atoms with Crippen LogP contribution >= 0.6 is 0 Å². The number of nitrogens with two attached hydrogens (primary N) is 1. The average Bonchev–Trinajstić information content (AvgIpc) is 2.51. The molecular formula is C7H14N4O2. The second kappa shape index (κ2) is 3.71. The monoisotopic (exact) mass is 186 g/mol. The van der Waals surface area contributed by atoms with Gasteiger partial charge in [-0.15, -0.1) is 5.10 Å². The molecule has 6 nitrogen and oxygen atoms in total. The number of aliphatic hydroxyl groups excluding tert-OH is 2. The number of aromatic nitrogens is 3. The van der Waals surface area contributed by atoms with Crippen molar-refractivity contribution in [3.63, 3.8) is 0 Å². The predicted octanol–water partition coefficient (Wildman–Crippen LogP) is -1.15. The molecule has 0 aromatic carbocycles. The van der Waals surface area contributed by atoms with Crippen molar-refractivity contribution in [3.8, 4) is 0 Å². The standard InChI is InChI=1S/C7H14N4O2/c1-7(3-12,4-13)2-11-5-9-6(8)10-11/h5,12-13H,2-4H2,1H3,(H2,8,10). The van der Waals surface area contributed by atoms with Gasteiger partial charge in [0.2, 0.25) is 5.95 Å². The van der Waals surface area contributed by atoms with Gasteiger partial charge in [0, 0.05) is 5.41 Å². The molecular weight excluding hydrogens is 172 g/mol. The van der Waals surface area contributed by atoms with Crippen molar-refractivity contribution >= 4 is 5.95 Å². The van der Waals surface area contributed by atoms with Gasteiger partial charge in [-0.25, -0.2) is 4.98 Å². The predicted molar refractivity (Wildman–Crippen MR) is 46.7 cm³/mol. The van der Waals surface area contributed by atoms with Gasteiger partial charge in [-0.1, -0.05) is 6.92 Å². The number of hydrogen-bond donors (Lipinski definition) is 3. The van der Waals surface area contributed by atoms with Crippen LogP contribution in [0.5, 0.6) is 0 Å². The molecule has 1 aromatic rings. The quantitative estimate of drug-likeness (QED) is 0.551. The SMILES string of the molecule is CC(CO)(CO)Cn1cnc(N)n1. The Balaban J connectivity index is 2.67. The summed E-state index contributed by atoms with van der Waals surface area (Å²) in [6.07, 6.45) is 1.47. The lowest BCUT2D eigenvalue weighted by Gasteiger charge is -2.23. The molecule has 4 N–H and O–H groups in total. The molecule has 0 radical (unpaired) electrons. The van der Waals surface area contributed by atoms with Crippen molar-refractivity contribution < 1.29 is 10.2 Å². The molecule has 1 heterocycles. The Morgan fingerprint density at radius 2 is 2.15 bits per heavy atom. The minimum atomic E-state index is -0.583. The van der Waals surface area contributed by atoms with Gasteiger partial charge in [-0.05, 0) is 0 Å². The fraction of sp³-hybridized carbons (Fsp3) is 0.714. The van der Waals surface area contributed by atoms with Crippen LogP contribution in [0.1, 0.15) is 6.92 Å². The third-order valence-electron chi connectivity index (χ3n) is 1.86. The summed E-state index contributed by atoms with van der Waals surface area (Å²) in [5, 5.41) is 21.9. The van der Waals surface area contributed by atoms with E-state index >= 15 is 0 Å². The van der Waals surface area contributed by atoms with Crippen molar-refractivity contribution in [1.82, 2.24) is 14.8 Å². The molecule has 0 saturated carbocycles. The van der Waals surface area contributed by atoms with E-state index in [-0.39, 0.29) is 19.2 Å². The number of anilines is 1. The molecule has 0 spiro atoms. The zero-order chi connectivity index (χ0) is 9.90. The summed E-state index contributed by atoms with van der Waals surface area (Å²) < 4.78 is 1.50. The molecule has 6 heteroatoms. The topological polar surface area (TPSA) is 97.2 Å². The molecule has 0 aliphatic carbocycles. The highest BCUT2D eigenvalue weighted by Gasteiger charge is 2.23. The Labute approximate surface area is 76.0 Å². The summed E-state index contributed by atoms with van der Waals surface area (Å²) in [6, 6.07) is 0. The Morgan fingerprint density at radius 3 is 2.54 bits per heavy atom. The fourth-order valence-corrected chi connectivity index (χ4v) is 0.926. The molecule has 1 rings (SSSR count). The van der Waals surface area contributed by atoms with E-state index in [1.165, 1.54) is 11.0 Å². The molecule has 0 aliphatic heterocycles. The summed E-state index contributed by atoms with van der Waals surface area (Å²) in [4.78, 5) is 3.74. The molecule has 0 aliphatic rings. The number of aliphatic hydroxyl groups is 2. The largest absolute Gasteiger partial charge is 0.396 e. The lowest BCUT2D eigenvalue weighted by atomic mass is 9.93. The van der Waals surface area contributed by atoms with Crippen molar-refractivity contribution in [1.29, 1.82) is 0 Å². The molecule has 0 unspecified atom stereocenters. The maximum atomic E-state index is 9.00. The van der Waals surface area contributed by atoms with E-state index in [1.807, 2.05) is 0 Å². The first-order valence-electron chi connectivity index (χ1n) is 3.96. The van der Waals surface area contributed by atoms with Crippen LogP contribution in [0.15, 0.2) is 6.33 Å². The third kappa shape index (κ3) is 2.40. The van der Waals surface area contributed by atoms with Gasteiger partial charge in [-0.3, -0.25) is 4.68 Å². The van der Waals surface area contributed by atoms with Crippen LogP contribution in [-0.2, 0) is 6.54 Å². The third-order valence-corrected chi connectivity index (χ3v) is 1.86. The first-order chi connectivity index (χ1) is 6.09. The first-order valence-corrected chi connectivity index (χ1v) is 3.96. The summed E-state index contributed by atoms with van der Waals surface area (Å²) in [5.41, 5.74) is 4.73. The minimum absolute atomic E-state index is 0.108. The molecule has 0 saturated heterocycles. The Hall–Kier alpha value is -1.14. The summed E-state index contributed by atoms with van der Waals surface area (Å²) >= 11 is 0. The van der Waals surface area contributed by atoms with E-state index < -0.39 is 5.41 Å². The van der Waals surface area contributed by atoms with Crippen LogP contribution in [0.25, 0.3) is 0 Å². The van der Waals surface area contributed by atoms with Gasteiger partial charge in [0.1, 0.15) is 6.33 Å². The van der Waals surface area contributed by atoms with E-state index in [4.69, 9.17) is 15.9 Å². The van der Waals surface area contributed by atoms with Crippen molar-refractivity contribution in [2.45, 2.75) is 13.5 Å². The second-order valence-electron chi connectivity index (χ2n) is 3.43. The molecule has 1 aromatic heterocycles. The van der Waals surface area contributed by atoms with Crippen LogP contribution in [0, 0.1) is 5.41 Å². The molecule has 13 heavy (non-hydrogen) atoms. The highest BCUT2D eigenvalue weighted by molar-refractivity contribution is 5.09. The fourth-order valence-electron chi connectivity index (χ4n) is 0.926. The maximum Gasteiger partial charge on any atom is 0.239 e. The number of nitrogens with zero attached hydrogens (tertiary/aromatic N) is 3. The highest BCUT2D eigenvalue weighted by atomic mass is 16.3. The van der Waals surface area contributed by atoms with Gasteiger partial charge >= 0.3 is 0 Å². The number of rotatable bonds is 4. The van der Waals surface area contributed by atoms with E-state index in [1.54, 1.807) is 6.92 Å². The first kappa shape index (κ1) is 9.94. The average molecular weight is 186 g/mol. The van der Waals surface area contributed by atoms with Crippen molar-refractivity contribution in [2.75, 3.05) is 18.9 Å². The number of hydrogen-bond acceptors (Lipinski definition) is 5. The van der Waals surface area contributed by atoms with Gasteiger partial charge in [-0.2, -0.15) is 0 Å². The van der Waals surface area contributed by atoms with Gasteiger partial charge in [0.05, 0.1) is 19.8 Å². The van der Waals surface area contributed by atoms with E-state index in [2.05, 4.69) is 10.1 Å². The summed E-state index contributed by atoms with van der Waals surface area (Å²) in [5.74, 6) is 0.193. The molecule has 0 atom stereocenters. The minimum Gasteiger partial charge on any atom is -0.396 e. The molecule has 0 fully saturated rings. The van der Waals surface area contributed by atoms with Crippen molar-refractivity contribution in [2.24, 2.45) is 5.41 Å². The summed E-state index contributed by atoms with van der Waals surface area (Å²) in [6.45, 7) is 1.93. The Kier molecular flexibility index (Phi) is 2.84. The van der Waals surface area contributed by atoms with Crippen LogP contribution in [0.3, 0.4) is 0 Å².